The zero-order valence-electron chi connectivity index (χ0n) is 8.96. The van der Waals surface area contributed by atoms with Crippen LogP contribution in [0.4, 0.5) is 0 Å². The zero-order chi connectivity index (χ0) is 11.3. The minimum atomic E-state index is -0.0354. The summed E-state index contributed by atoms with van der Waals surface area (Å²) in [4.78, 5) is 15.7. The number of rotatable bonds is 4. The van der Waals surface area contributed by atoms with Gasteiger partial charge in [-0.3, -0.25) is 4.79 Å². The van der Waals surface area contributed by atoms with Crippen LogP contribution in [0.25, 0.3) is 0 Å². The molecular formula is C11H15BrN2O. The fraction of sp³-hybridized carbons (Fsp3) is 0.455. The summed E-state index contributed by atoms with van der Waals surface area (Å²) in [6.07, 6.45) is 3.52. The summed E-state index contributed by atoms with van der Waals surface area (Å²) in [5, 5.41) is 2.97. The molecule has 0 aliphatic rings. The number of halogens is 1. The van der Waals surface area contributed by atoms with Gasteiger partial charge < -0.3 is 5.32 Å². The Labute approximate surface area is 98.4 Å². The molecule has 1 heterocycles. The summed E-state index contributed by atoms with van der Waals surface area (Å²) in [5.74, 6) is -0.0354. The van der Waals surface area contributed by atoms with Crippen molar-refractivity contribution < 1.29 is 4.79 Å². The number of amides is 1. The molecule has 0 unspecified atom stereocenters. The maximum Gasteiger partial charge on any atom is 0.251 e. The minimum Gasteiger partial charge on any atom is -0.349 e. The van der Waals surface area contributed by atoms with Gasteiger partial charge in [-0.2, -0.15) is 0 Å². The Morgan fingerprint density at radius 3 is 2.73 bits per heavy atom. The number of nitrogens with zero attached hydrogens (tertiary/aromatic N) is 1. The van der Waals surface area contributed by atoms with E-state index in [1.165, 1.54) is 0 Å². The molecule has 15 heavy (non-hydrogen) atoms. The Morgan fingerprint density at radius 2 is 2.20 bits per heavy atom. The lowest BCUT2D eigenvalue weighted by Crippen LogP contribution is -2.33. The number of hydrogen-bond acceptors (Lipinski definition) is 2. The van der Waals surface area contributed by atoms with Crippen LogP contribution in [0.1, 0.15) is 37.0 Å². The third-order valence-corrected chi connectivity index (χ3v) is 2.74. The first-order valence-electron chi connectivity index (χ1n) is 5.09. The molecule has 4 heteroatoms. The molecule has 0 fully saturated rings. The monoisotopic (exact) mass is 270 g/mol. The molecule has 1 rings (SSSR count). The van der Waals surface area contributed by atoms with Crippen LogP contribution in [-0.2, 0) is 0 Å². The van der Waals surface area contributed by atoms with E-state index in [9.17, 15) is 4.79 Å². The van der Waals surface area contributed by atoms with E-state index in [1.807, 2.05) is 0 Å². The van der Waals surface area contributed by atoms with E-state index in [-0.39, 0.29) is 11.9 Å². The van der Waals surface area contributed by atoms with Crippen LogP contribution in [0.15, 0.2) is 22.9 Å². The molecule has 0 spiro atoms. The number of hydrogen-bond donors (Lipinski definition) is 1. The summed E-state index contributed by atoms with van der Waals surface area (Å²) < 4.78 is 0.680. The quantitative estimate of drug-likeness (QED) is 0.855. The first-order chi connectivity index (χ1) is 7.17. The van der Waals surface area contributed by atoms with Crippen molar-refractivity contribution in [2.75, 3.05) is 0 Å². The normalized spacial score (nSPS) is 10.4. The molecule has 1 amide bonds. The van der Waals surface area contributed by atoms with Gasteiger partial charge in [0.05, 0.1) is 0 Å². The van der Waals surface area contributed by atoms with E-state index in [4.69, 9.17) is 0 Å². The largest absolute Gasteiger partial charge is 0.349 e. The van der Waals surface area contributed by atoms with Crippen LogP contribution in [0.3, 0.4) is 0 Å². The Kier molecular flexibility index (Phi) is 4.75. The lowest BCUT2D eigenvalue weighted by molar-refractivity contribution is 0.0934. The van der Waals surface area contributed by atoms with Crippen LogP contribution in [0, 0.1) is 0 Å². The molecule has 1 aromatic heterocycles. The van der Waals surface area contributed by atoms with Gasteiger partial charge in [-0.15, -0.1) is 0 Å². The second kappa shape index (κ2) is 5.85. The molecule has 0 saturated carbocycles. The summed E-state index contributed by atoms with van der Waals surface area (Å²) in [7, 11) is 0. The predicted molar refractivity (Wildman–Crippen MR) is 63.8 cm³/mol. The zero-order valence-corrected chi connectivity index (χ0v) is 10.5. The molecule has 0 radical (unpaired) electrons. The van der Waals surface area contributed by atoms with Gasteiger partial charge in [-0.25, -0.2) is 4.98 Å². The maximum absolute atomic E-state index is 11.8. The van der Waals surface area contributed by atoms with Crippen LogP contribution >= 0.6 is 15.9 Å². The number of carbonyl (C=O) groups is 1. The lowest BCUT2D eigenvalue weighted by Gasteiger charge is -2.14. The highest BCUT2D eigenvalue weighted by Gasteiger charge is 2.10. The molecule has 1 aromatic rings. The van der Waals surface area contributed by atoms with Crippen molar-refractivity contribution >= 4 is 21.8 Å². The van der Waals surface area contributed by atoms with Crippen molar-refractivity contribution in [3.05, 3.63) is 28.5 Å². The highest BCUT2D eigenvalue weighted by molar-refractivity contribution is 9.10. The molecule has 82 valence electrons. The second-order valence-electron chi connectivity index (χ2n) is 3.35. The summed E-state index contributed by atoms with van der Waals surface area (Å²) in [5.41, 5.74) is 0.642. The van der Waals surface area contributed by atoms with Crippen molar-refractivity contribution in [3.8, 4) is 0 Å². The van der Waals surface area contributed by atoms with Gasteiger partial charge in [0.1, 0.15) is 4.60 Å². The fourth-order valence-electron chi connectivity index (χ4n) is 1.31. The molecule has 0 aliphatic heterocycles. The van der Waals surface area contributed by atoms with E-state index in [0.29, 0.717) is 10.2 Å². The summed E-state index contributed by atoms with van der Waals surface area (Å²) >= 11 is 3.24. The van der Waals surface area contributed by atoms with Gasteiger partial charge in [0.15, 0.2) is 0 Å². The number of aromatic nitrogens is 1. The van der Waals surface area contributed by atoms with E-state index in [0.717, 1.165) is 12.8 Å². The smallest absolute Gasteiger partial charge is 0.251 e. The van der Waals surface area contributed by atoms with E-state index < -0.39 is 0 Å². The molecule has 0 aromatic carbocycles. The fourth-order valence-corrected chi connectivity index (χ4v) is 1.67. The van der Waals surface area contributed by atoms with E-state index in [2.05, 4.69) is 40.1 Å². The molecule has 0 aliphatic carbocycles. The lowest BCUT2D eigenvalue weighted by atomic mass is 10.1. The van der Waals surface area contributed by atoms with Crippen LogP contribution in [0.5, 0.6) is 0 Å². The van der Waals surface area contributed by atoms with E-state index >= 15 is 0 Å². The van der Waals surface area contributed by atoms with Crippen molar-refractivity contribution in [1.82, 2.24) is 10.3 Å². The highest BCUT2D eigenvalue weighted by Crippen LogP contribution is 2.08. The van der Waals surface area contributed by atoms with Crippen LogP contribution < -0.4 is 5.32 Å². The van der Waals surface area contributed by atoms with Crippen LogP contribution in [0.2, 0.25) is 0 Å². The van der Waals surface area contributed by atoms with Crippen LogP contribution in [-0.4, -0.2) is 16.9 Å². The van der Waals surface area contributed by atoms with Crippen molar-refractivity contribution in [3.63, 3.8) is 0 Å². The average Bonchev–Trinajstić information content (AvgIpc) is 2.25. The van der Waals surface area contributed by atoms with Crippen molar-refractivity contribution in [2.45, 2.75) is 32.7 Å². The average molecular weight is 271 g/mol. The van der Waals surface area contributed by atoms with Crippen molar-refractivity contribution in [2.24, 2.45) is 0 Å². The van der Waals surface area contributed by atoms with E-state index in [1.54, 1.807) is 18.3 Å². The SMILES string of the molecule is CCC(CC)NC(=O)c1ccnc(Br)c1. The Balaban J connectivity index is 2.68. The Morgan fingerprint density at radius 1 is 1.53 bits per heavy atom. The molecular weight excluding hydrogens is 256 g/mol. The van der Waals surface area contributed by atoms with Crippen molar-refractivity contribution in [1.29, 1.82) is 0 Å². The number of pyridine rings is 1. The van der Waals surface area contributed by atoms with Gasteiger partial charge in [0.25, 0.3) is 5.91 Å². The Bertz CT molecular complexity index is 337. The third-order valence-electron chi connectivity index (χ3n) is 2.31. The van der Waals surface area contributed by atoms with Gasteiger partial charge in [-0.05, 0) is 40.9 Å². The molecule has 1 N–H and O–H groups in total. The number of nitrogens with one attached hydrogen (secondary N) is 1. The first-order valence-corrected chi connectivity index (χ1v) is 5.89. The molecule has 3 nitrogen and oxygen atoms in total. The second-order valence-corrected chi connectivity index (χ2v) is 4.17. The molecule has 0 saturated heterocycles. The summed E-state index contributed by atoms with van der Waals surface area (Å²) in [6, 6.07) is 3.68. The predicted octanol–water partition coefficient (Wildman–Crippen LogP) is 2.76. The molecule has 0 bridgehead atoms. The third kappa shape index (κ3) is 3.63. The van der Waals surface area contributed by atoms with Gasteiger partial charge in [-0.1, -0.05) is 13.8 Å². The number of carbonyl (C=O) groups excluding carboxylic acids is 1. The van der Waals surface area contributed by atoms with Gasteiger partial charge in [0.2, 0.25) is 0 Å². The van der Waals surface area contributed by atoms with Gasteiger partial charge >= 0.3 is 0 Å². The maximum atomic E-state index is 11.8. The van der Waals surface area contributed by atoms with Gasteiger partial charge in [0, 0.05) is 17.8 Å². The molecule has 0 atom stereocenters. The topological polar surface area (TPSA) is 42.0 Å². The standard InChI is InChI=1S/C11H15BrN2O/c1-3-9(4-2)14-11(15)8-5-6-13-10(12)7-8/h5-7,9H,3-4H2,1-2H3,(H,14,15). The Hall–Kier alpha value is -0.900. The summed E-state index contributed by atoms with van der Waals surface area (Å²) in [6.45, 7) is 4.13. The minimum absolute atomic E-state index is 0.0354. The highest BCUT2D eigenvalue weighted by atomic mass is 79.9. The first kappa shape index (κ1) is 12.2.